The molecule has 0 amide bonds. The van der Waals surface area contributed by atoms with Crippen LogP contribution in [0.3, 0.4) is 0 Å². The van der Waals surface area contributed by atoms with Crippen molar-refractivity contribution in [3.8, 4) is 0 Å². The molecule has 5 heteroatoms. The Kier molecular flexibility index (Phi) is 3.43. The molecule has 18 heavy (non-hydrogen) atoms. The number of esters is 1. The second-order valence-corrected chi connectivity index (χ2v) is 5.21. The number of nitrogens with zero attached hydrogens (tertiary/aromatic N) is 2. The number of ether oxygens (including phenoxy) is 1. The molecule has 0 spiro atoms. The van der Waals surface area contributed by atoms with E-state index in [1.165, 1.54) is 7.11 Å². The molecule has 1 aromatic heterocycles. The van der Waals surface area contributed by atoms with E-state index in [1.54, 1.807) is 0 Å². The van der Waals surface area contributed by atoms with E-state index in [0.717, 1.165) is 31.5 Å². The molecule has 2 heterocycles. The number of hydrogen-bond donors (Lipinski definition) is 1. The SMILES string of the molecule is COC(=O)C(C)(C)c1nc(CO)c2n1CCCC2. The minimum absolute atomic E-state index is 0.0768. The summed E-state index contributed by atoms with van der Waals surface area (Å²) in [4.78, 5) is 16.3. The molecule has 5 nitrogen and oxygen atoms in total. The third kappa shape index (κ3) is 1.92. The highest BCUT2D eigenvalue weighted by Gasteiger charge is 2.37. The van der Waals surface area contributed by atoms with Crippen molar-refractivity contribution < 1.29 is 14.6 Å². The molecule has 1 aliphatic heterocycles. The van der Waals surface area contributed by atoms with Crippen LogP contribution in [0, 0.1) is 0 Å². The normalized spacial score (nSPS) is 15.3. The van der Waals surface area contributed by atoms with Crippen LogP contribution in [0.1, 0.15) is 43.9 Å². The van der Waals surface area contributed by atoms with E-state index in [-0.39, 0.29) is 12.6 Å². The predicted octanol–water partition coefficient (Wildman–Crippen LogP) is 1.16. The summed E-state index contributed by atoms with van der Waals surface area (Å²) in [6.07, 6.45) is 3.11. The number of aliphatic hydroxyl groups excluding tert-OH is 1. The van der Waals surface area contributed by atoms with Gasteiger partial charge in [-0.25, -0.2) is 4.98 Å². The van der Waals surface area contributed by atoms with Gasteiger partial charge in [0.25, 0.3) is 0 Å². The largest absolute Gasteiger partial charge is 0.468 e. The van der Waals surface area contributed by atoms with Crippen molar-refractivity contribution in [1.82, 2.24) is 9.55 Å². The maximum atomic E-state index is 11.9. The molecule has 1 N–H and O–H groups in total. The summed E-state index contributed by atoms with van der Waals surface area (Å²) in [6.45, 7) is 4.40. The molecule has 1 aliphatic rings. The maximum Gasteiger partial charge on any atom is 0.318 e. The number of methoxy groups -OCH3 is 1. The van der Waals surface area contributed by atoms with Gasteiger partial charge in [-0.05, 0) is 33.1 Å². The molecule has 0 saturated heterocycles. The zero-order chi connectivity index (χ0) is 13.3. The van der Waals surface area contributed by atoms with Crippen LogP contribution >= 0.6 is 0 Å². The molecule has 0 radical (unpaired) electrons. The first kappa shape index (κ1) is 13.1. The fourth-order valence-electron chi connectivity index (χ4n) is 2.57. The summed E-state index contributed by atoms with van der Waals surface area (Å²) in [5.74, 6) is 0.401. The van der Waals surface area contributed by atoms with Crippen LogP contribution in [-0.4, -0.2) is 27.7 Å². The number of aromatic nitrogens is 2. The molecule has 0 bridgehead atoms. The molecular formula is C13H20N2O3. The highest BCUT2D eigenvalue weighted by molar-refractivity contribution is 5.81. The highest BCUT2D eigenvalue weighted by atomic mass is 16.5. The van der Waals surface area contributed by atoms with Crippen molar-refractivity contribution >= 4 is 5.97 Å². The standard InChI is InChI=1S/C13H20N2O3/c1-13(2,12(17)18-3)11-14-9(8-16)10-6-4-5-7-15(10)11/h16H,4-8H2,1-3H3. The van der Waals surface area contributed by atoms with Gasteiger partial charge in [-0.15, -0.1) is 0 Å². The molecule has 0 unspecified atom stereocenters. The Morgan fingerprint density at radius 1 is 1.50 bits per heavy atom. The smallest absolute Gasteiger partial charge is 0.318 e. The number of imidazole rings is 1. The van der Waals surface area contributed by atoms with Gasteiger partial charge in [0.1, 0.15) is 11.2 Å². The van der Waals surface area contributed by atoms with Crippen LogP contribution < -0.4 is 0 Å². The van der Waals surface area contributed by atoms with E-state index in [2.05, 4.69) is 9.55 Å². The number of fused-ring (bicyclic) bond motifs is 1. The van der Waals surface area contributed by atoms with Gasteiger partial charge >= 0.3 is 5.97 Å². The Morgan fingerprint density at radius 3 is 2.83 bits per heavy atom. The fraction of sp³-hybridized carbons (Fsp3) is 0.692. The van der Waals surface area contributed by atoms with Crippen molar-refractivity contribution in [1.29, 1.82) is 0 Å². The molecule has 0 aliphatic carbocycles. The van der Waals surface area contributed by atoms with Crippen molar-refractivity contribution in [2.75, 3.05) is 7.11 Å². The van der Waals surface area contributed by atoms with Gasteiger partial charge in [-0.3, -0.25) is 4.79 Å². The number of carbonyl (C=O) groups is 1. The topological polar surface area (TPSA) is 64.3 Å². The van der Waals surface area contributed by atoms with E-state index in [0.29, 0.717) is 11.5 Å². The summed E-state index contributed by atoms with van der Waals surface area (Å²) in [5.41, 5.74) is 0.978. The molecule has 2 rings (SSSR count). The van der Waals surface area contributed by atoms with Crippen LogP contribution in [0.15, 0.2) is 0 Å². The Labute approximate surface area is 107 Å². The highest BCUT2D eigenvalue weighted by Crippen LogP contribution is 2.30. The third-order valence-electron chi connectivity index (χ3n) is 3.61. The average molecular weight is 252 g/mol. The van der Waals surface area contributed by atoms with Gasteiger partial charge in [0, 0.05) is 12.2 Å². The van der Waals surface area contributed by atoms with Crippen LogP contribution in [0.5, 0.6) is 0 Å². The summed E-state index contributed by atoms with van der Waals surface area (Å²) in [5, 5.41) is 9.38. The zero-order valence-corrected chi connectivity index (χ0v) is 11.2. The fourth-order valence-corrected chi connectivity index (χ4v) is 2.57. The first-order valence-electron chi connectivity index (χ1n) is 6.30. The Morgan fingerprint density at radius 2 is 2.22 bits per heavy atom. The Bertz CT molecular complexity index is 463. The molecule has 0 saturated carbocycles. The lowest BCUT2D eigenvalue weighted by atomic mass is 9.92. The van der Waals surface area contributed by atoms with Crippen molar-refractivity contribution in [2.24, 2.45) is 0 Å². The van der Waals surface area contributed by atoms with Gasteiger partial charge in [0.15, 0.2) is 0 Å². The van der Waals surface area contributed by atoms with Crippen LogP contribution in [0.25, 0.3) is 0 Å². The number of rotatable bonds is 3. The van der Waals surface area contributed by atoms with Crippen molar-refractivity contribution in [2.45, 2.75) is 51.7 Å². The second kappa shape index (κ2) is 4.72. The maximum absolute atomic E-state index is 11.9. The molecular weight excluding hydrogens is 232 g/mol. The first-order chi connectivity index (χ1) is 8.52. The predicted molar refractivity (Wildman–Crippen MR) is 66.1 cm³/mol. The lowest BCUT2D eigenvalue weighted by molar-refractivity contribution is -0.146. The minimum atomic E-state index is -0.783. The van der Waals surface area contributed by atoms with Gasteiger partial charge in [0.2, 0.25) is 0 Å². The average Bonchev–Trinajstić information content (AvgIpc) is 2.77. The molecule has 100 valence electrons. The van der Waals surface area contributed by atoms with Gasteiger partial charge in [-0.2, -0.15) is 0 Å². The molecule has 0 atom stereocenters. The van der Waals surface area contributed by atoms with Gasteiger partial charge in [0.05, 0.1) is 19.4 Å². The van der Waals surface area contributed by atoms with Crippen LogP contribution in [0.2, 0.25) is 0 Å². The van der Waals surface area contributed by atoms with Gasteiger partial charge in [-0.1, -0.05) is 0 Å². The first-order valence-corrected chi connectivity index (χ1v) is 6.30. The van der Waals surface area contributed by atoms with E-state index in [9.17, 15) is 9.90 Å². The quantitative estimate of drug-likeness (QED) is 0.820. The minimum Gasteiger partial charge on any atom is -0.468 e. The van der Waals surface area contributed by atoms with Crippen molar-refractivity contribution in [3.63, 3.8) is 0 Å². The Balaban J connectivity index is 2.51. The number of aliphatic hydroxyl groups is 1. The lowest BCUT2D eigenvalue weighted by Gasteiger charge is -2.25. The zero-order valence-electron chi connectivity index (χ0n) is 11.2. The van der Waals surface area contributed by atoms with E-state index in [1.807, 2.05) is 13.8 Å². The number of hydrogen-bond acceptors (Lipinski definition) is 4. The summed E-state index contributed by atoms with van der Waals surface area (Å²) in [7, 11) is 1.39. The molecule has 0 fully saturated rings. The van der Waals surface area contributed by atoms with E-state index >= 15 is 0 Å². The number of carbonyl (C=O) groups excluding carboxylic acids is 1. The van der Waals surface area contributed by atoms with Crippen LogP contribution in [-0.2, 0) is 34.5 Å². The van der Waals surface area contributed by atoms with Crippen molar-refractivity contribution in [3.05, 3.63) is 17.2 Å². The van der Waals surface area contributed by atoms with Crippen LogP contribution in [0.4, 0.5) is 0 Å². The van der Waals surface area contributed by atoms with E-state index < -0.39 is 5.41 Å². The summed E-state index contributed by atoms with van der Waals surface area (Å²) in [6, 6.07) is 0. The lowest BCUT2D eigenvalue weighted by Crippen LogP contribution is -2.34. The summed E-state index contributed by atoms with van der Waals surface area (Å²) < 4.78 is 6.92. The molecule has 1 aromatic rings. The monoisotopic (exact) mass is 252 g/mol. The molecule has 0 aromatic carbocycles. The Hall–Kier alpha value is -1.36. The van der Waals surface area contributed by atoms with Gasteiger partial charge < -0.3 is 14.4 Å². The third-order valence-corrected chi connectivity index (χ3v) is 3.61. The van der Waals surface area contributed by atoms with E-state index in [4.69, 9.17) is 4.74 Å². The summed E-state index contributed by atoms with van der Waals surface area (Å²) >= 11 is 0. The second-order valence-electron chi connectivity index (χ2n) is 5.21.